The van der Waals surface area contributed by atoms with Gasteiger partial charge in [0.05, 0.1) is 25.6 Å². The van der Waals surface area contributed by atoms with E-state index in [2.05, 4.69) is 47.5 Å². The number of aliphatic hydroxyl groups excluding tert-OH is 2. The standard InChI is InChI=1S/C19H23FN11O8PS/c20-9-12(33)8(38-18(9)31-14-10(28-29-31)13(21)23-4-24-14)3-36-40(35,41)39-7-1-6(2-32)37-17(7)30-5-25-11-15(30)26-19(22)27-16(11)34/h4-9,12,17-18,32-33H,1-3H2,(H,35,41)(H2,21,23,24)(H3,22,26,27,34)/t6-,7?,8+,9?,12?,17+,18+,40+/m0/s1. The maximum absolute atomic E-state index is 15.0. The van der Waals surface area contributed by atoms with Crippen LogP contribution in [-0.2, 0) is 23.1 Å². The van der Waals surface area contributed by atoms with Crippen molar-refractivity contribution in [3.8, 4) is 0 Å². The third kappa shape index (κ3) is 5.03. The van der Waals surface area contributed by atoms with Gasteiger partial charge in [0.2, 0.25) is 5.95 Å². The van der Waals surface area contributed by atoms with Crippen molar-refractivity contribution in [2.75, 3.05) is 24.7 Å². The number of rotatable bonds is 8. The smallest absolute Gasteiger partial charge is 0.386 e. The predicted molar refractivity (Wildman–Crippen MR) is 138 cm³/mol. The lowest BCUT2D eigenvalue weighted by Gasteiger charge is -2.24. The molecule has 2 aliphatic heterocycles. The lowest BCUT2D eigenvalue weighted by molar-refractivity contribution is -0.0554. The minimum absolute atomic E-state index is 0.0237. The number of aliphatic hydroxyl groups is 2. The Morgan fingerprint density at radius 1 is 1.22 bits per heavy atom. The molecule has 0 radical (unpaired) electrons. The van der Waals surface area contributed by atoms with E-state index in [1.165, 1.54) is 10.9 Å². The molecule has 2 saturated heterocycles. The van der Waals surface area contributed by atoms with Crippen molar-refractivity contribution in [3.63, 3.8) is 0 Å². The van der Waals surface area contributed by atoms with Gasteiger partial charge in [-0.1, -0.05) is 17.5 Å². The van der Waals surface area contributed by atoms with E-state index in [9.17, 15) is 19.6 Å². The number of H-pyrrole nitrogens is 1. The van der Waals surface area contributed by atoms with Gasteiger partial charge in [0, 0.05) is 6.42 Å². The molecule has 0 saturated carbocycles. The summed E-state index contributed by atoms with van der Waals surface area (Å²) >= 11 is 4.02. The molecule has 0 bridgehead atoms. The highest BCUT2D eigenvalue weighted by atomic mass is 32.7. The number of ether oxygens (including phenoxy) is 2. The summed E-state index contributed by atoms with van der Waals surface area (Å²) in [7, 11) is 0. The Balaban J connectivity index is 1.16. The molecule has 19 nitrogen and oxygen atoms in total. The van der Waals surface area contributed by atoms with Crippen molar-refractivity contribution in [3.05, 3.63) is 23.0 Å². The Bertz CT molecular complexity index is 1700. The molecule has 8 atom stereocenters. The molecule has 2 aliphatic rings. The Kier molecular flexibility index (Phi) is 7.14. The molecule has 6 heterocycles. The molecule has 0 aliphatic carbocycles. The zero-order chi connectivity index (χ0) is 29.1. The molecule has 2 fully saturated rings. The normalized spacial score (nSPS) is 29.9. The van der Waals surface area contributed by atoms with E-state index in [4.69, 9.17) is 30.0 Å². The van der Waals surface area contributed by atoms with Gasteiger partial charge in [-0.3, -0.25) is 23.4 Å². The SMILES string of the molecule is Nc1nc2c(ncn2[C@@H]2O[C@H](CO)CC2O[P@](=O)(S)OC[C@H]2O[C@@H](n3nnc4c(N)ncnc43)C(F)C2O)c(=O)[nH]1. The highest BCUT2D eigenvalue weighted by Gasteiger charge is 2.48. The van der Waals surface area contributed by atoms with Gasteiger partial charge in [0.1, 0.15) is 24.6 Å². The van der Waals surface area contributed by atoms with Crippen LogP contribution in [0, 0.1) is 0 Å². The number of aromatic nitrogens is 9. The maximum Gasteiger partial charge on any atom is 0.386 e. The molecule has 4 aromatic heterocycles. The first-order chi connectivity index (χ1) is 19.6. The summed E-state index contributed by atoms with van der Waals surface area (Å²) in [6, 6.07) is 0. The van der Waals surface area contributed by atoms with E-state index < -0.39 is 68.6 Å². The Morgan fingerprint density at radius 2 is 2.02 bits per heavy atom. The Labute approximate surface area is 232 Å². The topological polar surface area (TPSA) is 267 Å². The minimum atomic E-state index is -4.22. The molecule has 3 unspecified atom stereocenters. The second kappa shape index (κ2) is 10.5. The first kappa shape index (κ1) is 27.8. The first-order valence-electron chi connectivity index (χ1n) is 12.0. The van der Waals surface area contributed by atoms with Crippen molar-refractivity contribution in [1.29, 1.82) is 0 Å². The predicted octanol–water partition coefficient (Wildman–Crippen LogP) is -1.17. The lowest BCUT2D eigenvalue weighted by atomic mass is 10.1. The third-order valence-electron chi connectivity index (χ3n) is 6.57. The maximum atomic E-state index is 15.0. The number of hydrogen-bond donors (Lipinski definition) is 6. The van der Waals surface area contributed by atoms with E-state index in [0.29, 0.717) is 0 Å². The van der Waals surface area contributed by atoms with Gasteiger partial charge >= 0.3 is 6.80 Å². The summed E-state index contributed by atoms with van der Waals surface area (Å²) in [5.74, 6) is -0.147. The van der Waals surface area contributed by atoms with Gasteiger partial charge in [-0.2, -0.15) is 9.67 Å². The van der Waals surface area contributed by atoms with Crippen LogP contribution in [0.3, 0.4) is 0 Å². The average molecular weight is 616 g/mol. The lowest BCUT2D eigenvalue weighted by Crippen LogP contribution is -2.31. The van der Waals surface area contributed by atoms with Gasteiger partial charge in [-0.05, 0) is 0 Å². The second-order valence-electron chi connectivity index (χ2n) is 9.22. The number of aromatic amines is 1. The number of nitrogens with zero attached hydrogens (tertiary/aromatic N) is 8. The molecule has 0 spiro atoms. The number of nitrogens with two attached hydrogens (primary N) is 2. The molecule has 41 heavy (non-hydrogen) atoms. The van der Waals surface area contributed by atoms with E-state index in [0.717, 1.165) is 11.0 Å². The summed E-state index contributed by atoms with van der Waals surface area (Å²) in [5.41, 5.74) is 11.0. The van der Waals surface area contributed by atoms with Crippen molar-refractivity contribution in [2.45, 2.75) is 49.5 Å². The van der Waals surface area contributed by atoms with Gasteiger partial charge in [0.25, 0.3) is 5.56 Å². The summed E-state index contributed by atoms with van der Waals surface area (Å²) < 4.78 is 53.0. The fourth-order valence-electron chi connectivity index (χ4n) is 4.66. The largest absolute Gasteiger partial charge is 0.394 e. The highest BCUT2D eigenvalue weighted by molar-refractivity contribution is 8.44. The van der Waals surface area contributed by atoms with Crippen LogP contribution in [0.5, 0.6) is 0 Å². The van der Waals surface area contributed by atoms with Crippen molar-refractivity contribution in [2.24, 2.45) is 0 Å². The number of halogens is 1. The number of hydrogen-bond acceptors (Lipinski definition) is 16. The van der Waals surface area contributed by atoms with E-state index in [1.54, 1.807) is 0 Å². The second-order valence-corrected chi connectivity index (χ2v) is 12.1. The zero-order valence-electron chi connectivity index (χ0n) is 20.7. The molecule has 0 aromatic carbocycles. The van der Waals surface area contributed by atoms with Gasteiger partial charge in [-0.15, -0.1) is 5.10 Å². The minimum Gasteiger partial charge on any atom is -0.394 e. The molecule has 4 aromatic rings. The molecule has 0 amide bonds. The van der Waals surface area contributed by atoms with Crippen LogP contribution >= 0.6 is 19.0 Å². The van der Waals surface area contributed by atoms with Crippen molar-refractivity contribution >= 4 is 53.1 Å². The summed E-state index contributed by atoms with van der Waals surface area (Å²) in [4.78, 5) is 30.4. The number of anilines is 2. The van der Waals surface area contributed by atoms with E-state index in [-0.39, 0.29) is 40.5 Å². The van der Waals surface area contributed by atoms with Crippen LogP contribution in [-0.4, -0.2) is 98.5 Å². The number of nitrogens with one attached hydrogen (secondary N) is 1. The third-order valence-corrected chi connectivity index (χ3v) is 8.21. The van der Waals surface area contributed by atoms with Gasteiger partial charge < -0.3 is 31.2 Å². The quantitative estimate of drug-likeness (QED) is 0.101. The Hall–Kier alpha value is -3.30. The van der Waals surface area contributed by atoms with Crippen LogP contribution in [0.4, 0.5) is 16.2 Å². The molecule has 6 rings (SSSR count). The molecular weight excluding hydrogens is 592 g/mol. The fraction of sp³-hybridized carbons (Fsp3) is 0.526. The summed E-state index contributed by atoms with van der Waals surface area (Å²) in [6.07, 6.45) is -6.83. The van der Waals surface area contributed by atoms with E-state index in [1.807, 2.05) is 0 Å². The van der Waals surface area contributed by atoms with Crippen molar-refractivity contribution < 1.29 is 37.7 Å². The van der Waals surface area contributed by atoms with Crippen molar-refractivity contribution in [1.82, 2.24) is 44.5 Å². The number of nitrogen functional groups attached to an aromatic ring is 2. The average Bonchev–Trinajstić information content (AvgIpc) is 3.69. The van der Waals surface area contributed by atoms with E-state index >= 15 is 4.39 Å². The van der Waals surface area contributed by atoms with Crippen LogP contribution in [0.15, 0.2) is 17.4 Å². The highest BCUT2D eigenvalue weighted by Crippen LogP contribution is 2.57. The van der Waals surface area contributed by atoms with Crippen LogP contribution in [0.1, 0.15) is 18.9 Å². The summed E-state index contributed by atoms with van der Waals surface area (Å²) in [6.45, 7) is -5.21. The van der Waals surface area contributed by atoms with Gasteiger partial charge in [-0.25, -0.2) is 23.9 Å². The molecule has 22 heteroatoms. The summed E-state index contributed by atoms with van der Waals surface area (Å²) in [5, 5.41) is 27.7. The number of imidazole rings is 1. The number of alkyl halides is 1. The Morgan fingerprint density at radius 3 is 2.80 bits per heavy atom. The first-order valence-corrected chi connectivity index (χ1v) is 14.7. The molecular formula is C19H23FN11O8PS. The van der Waals surface area contributed by atoms with Crippen LogP contribution in [0.2, 0.25) is 0 Å². The zero-order valence-corrected chi connectivity index (χ0v) is 22.5. The van der Waals surface area contributed by atoms with Gasteiger partial charge in [0.15, 0.2) is 46.8 Å². The molecule has 7 N–H and O–H groups in total. The molecule has 220 valence electrons. The number of thiol groups is 1. The number of fused-ring (bicyclic) bond motifs is 2. The monoisotopic (exact) mass is 615 g/mol. The van der Waals surface area contributed by atoms with Crippen LogP contribution in [0.25, 0.3) is 22.3 Å². The van der Waals surface area contributed by atoms with Crippen LogP contribution < -0.4 is 17.0 Å². The fourth-order valence-corrected chi connectivity index (χ4v) is 6.16.